The lowest BCUT2D eigenvalue weighted by Crippen LogP contribution is -2.28. The molecular formula is C10H4Cl2F3NO. The van der Waals surface area contributed by atoms with Crippen molar-refractivity contribution in [2.45, 2.75) is 12.1 Å². The number of nitriles is 1. The molecule has 0 saturated heterocycles. The fourth-order valence-electron chi connectivity index (χ4n) is 1.17. The van der Waals surface area contributed by atoms with Crippen LogP contribution in [0.3, 0.4) is 0 Å². The average molecular weight is 282 g/mol. The van der Waals surface area contributed by atoms with E-state index in [1.807, 2.05) is 0 Å². The molecule has 90 valence electrons. The van der Waals surface area contributed by atoms with Crippen molar-refractivity contribution in [2.24, 2.45) is 0 Å². The highest BCUT2D eigenvalue weighted by atomic mass is 35.5. The number of Topliss-reactive ketones (excluding diaryl/α,β-unsaturated/α-hetero) is 1. The summed E-state index contributed by atoms with van der Waals surface area (Å²) in [6, 6.07) is 4.85. The van der Waals surface area contributed by atoms with Crippen LogP contribution in [0.4, 0.5) is 13.2 Å². The molecule has 0 fully saturated rings. The first kappa shape index (κ1) is 13.8. The molecule has 0 bridgehead atoms. The van der Waals surface area contributed by atoms with Crippen molar-refractivity contribution < 1.29 is 18.0 Å². The molecule has 0 saturated carbocycles. The minimum absolute atomic E-state index is 0.151. The average Bonchev–Trinajstić information content (AvgIpc) is 2.20. The number of rotatable bonds is 2. The van der Waals surface area contributed by atoms with Crippen molar-refractivity contribution in [1.29, 1.82) is 5.26 Å². The van der Waals surface area contributed by atoms with Crippen LogP contribution >= 0.6 is 23.2 Å². The SMILES string of the molecule is N#CC(C(=O)C(F)(F)F)c1ccc(Cl)cc1Cl. The van der Waals surface area contributed by atoms with E-state index in [1.54, 1.807) is 0 Å². The van der Waals surface area contributed by atoms with Gasteiger partial charge in [0.25, 0.3) is 5.78 Å². The fourth-order valence-corrected chi connectivity index (χ4v) is 1.69. The number of hydrogen-bond acceptors (Lipinski definition) is 2. The largest absolute Gasteiger partial charge is 0.451 e. The monoisotopic (exact) mass is 281 g/mol. The summed E-state index contributed by atoms with van der Waals surface area (Å²) >= 11 is 11.2. The van der Waals surface area contributed by atoms with E-state index in [2.05, 4.69) is 0 Å². The number of ketones is 1. The maximum Gasteiger partial charge on any atom is 0.451 e. The molecule has 0 aliphatic rings. The van der Waals surface area contributed by atoms with Gasteiger partial charge in [0.15, 0.2) is 0 Å². The number of alkyl halides is 3. The number of carbonyl (C=O) groups excluding carboxylic acids is 1. The van der Waals surface area contributed by atoms with E-state index in [9.17, 15) is 18.0 Å². The van der Waals surface area contributed by atoms with Crippen molar-refractivity contribution >= 4 is 29.0 Å². The Morgan fingerprint density at radius 1 is 1.35 bits per heavy atom. The van der Waals surface area contributed by atoms with Gasteiger partial charge in [-0.15, -0.1) is 0 Å². The molecule has 0 aliphatic carbocycles. The molecule has 7 heteroatoms. The summed E-state index contributed by atoms with van der Waals surface area (Å²) in [5, 5.41) is 8.70. The van der Waals surface area contributed by atoms with E-state index in [0.717, 1.165) is 6.07 Å². The third-order valence-electron chi connectivity index (χ3n) is 1.94. The summed E-state index contributed by atoms with van der Waals surface area (Å²) in [5.41, 5.74) is -0.208. The van der Waals surface area contributed by atoms with Crippen LogP contribution in [0.1, 0.15) is 11.5 Å². The van der Waals surface area contributed by atoms with E-state index >= 15 is 0 Å². The predicted octanol–water partition coefficient (Wildman–Crippen LogP) is 3.73. The first-order valence-electron chi connectivity index (χ1n) is 4.23. The molecule has 1 atom stereocenters. The Morgan fingerprint density at radius 2 is 1.94 bits per heavy atom. The molecule has 1 aromatic carbocycles. The second kappa shape index (κ2) is 4.94. The lowest BCUT2D eigenvalue weighted by atomic mass is 9.96. The molecule has 1 rings (SSSR count). The molecule has 0 radical (unpaired) electrons. The molecule has 0 heterocycles. The van der Waals surface area contributed by atoms with Gasteiger partial charge in [0.05, 0.1) is 6.07 Å². The second-order valence-electron chi connectivity index (χ2n) is 3.09. The maximum absolute atomic E-state index is 12.2. The van der Waals surface area contributed by atoms with Crippen LogP contribution in [0.25, 0.3) is 0 Å². The second-order valence-corrected chi connectivity index (χ2v) is 3.93. The van der Waals surface area contributed by atoms with E-state index in [-0.39, 0.29) is 15.6 Å². The van der Waals surface area contributed by atoms with E-state index in [1.165, 1.54) is 18.2 Å². The lowest BCUT2D eigenvalue weighted by Gasteiger charge is -2.12. The first-order chi connectivity index (χ1) is 7.77. The molecular weight excluding hydrogens is 278 g/mol. The van der Waals surface area contributed by atoms with Crippen LogP contribution in [0.5, 0.6) is 0 Å². The van der Waals surface area contributed by atoms with Crippen molar-refractivity contribution in [3.8, 4) is 6.07 Å². The normalized spacial score (nSPS) is 12.9. The van der Waals surface area contributed by atoms with Crippen LogP contribution in [-0.4, -0.2) is 12.0 Å². The highest BCUT2D eigenvalue weighted by molar-refractivity contribution is 6.35. The van der Waals surface area contributed by atoms with Crippen LogP contribution in [-0.2, 0) is 4.79 Å². The molecule has 2 nitrogen and oxygen atoms in total. The van der Waals surface area contributed by atoms with Gasteiger partial charge in [0.1, 0.15) is 5.92 Å². The van der Waals surface area contributed by atoms with Gasteiger partial charge < -0.3 is 0 Å². The van der Waals surface area contributed by atoms with Crippen LogP contribution in [0, 0.1) is 11.3 Å². The molecule has 1 unspecified atom stereocenters. The van der Waals surface area contributed by atoms with Crippen LogP contribution in [0.15, 0.2) is 18.2 Å². The first-order valence-corrected chi connectivity index (χ1v) is 4.98. The number of nitrogens with zero attached hydrogens (tertiary/aromatic N) is 1. The molecule has 0 N–H and O–H groups in total. The maximum atomic E-state index is 12.2. The quantitative estimate of drug-likeness (QED) is 0.829. The molecule has 17 heavy (non-hydrogen) atoms. The lowest BCUT2D eigenvalue weighted by molar-refractivity contribution is -0.171. The summed E-state index contributed by atoms with van der Waals surface area (Å²) in [6.45, 7) is 0. The zero-order chi connectivity index (χ0) is 13.2. The highest BCUT2D eigenvalue weighted by Gasteiger charge is 2.44. The van der Waals surface area contributed by atoms with Gasteiger partial charge in [-0.05, 0) is 17.7 Å². The molecule has 0 amide bonds. The fraction of sp³-hybridized carbons (Fsp3) is 0.200. The van der Waals surface area contributed by atoms with Gasteiger partial charge in [-0.3, -0.25) is 4.79 Å². The number of benzene rings is 1. The molecule has 0 aliphatic heterocycles. The van der Waals surface area contributed by atoms with Gasteiger partial charge >= 0.3 is 6.18 Å². The Hall–Kier alpha value is -1.25. The van der Waals surface area contributed by atoms with Gasteiger partial charge in [0.2, 0.25) is 0 Å². The number of carbonyl (C=O) groups is 1. The summed E-state index contributed by atoms with van der Waals surface area (Å²) in [5.74, 6) is -4.12. The zero-order valence-corrected chi connectivity index (χ0v) is 9.57. The van der Waals surface area contributed by atoms with Crippen molar-refractivity contribution in [3.63, 3.8) is 0 Å². The van der Waals surface area contributed by atoms with Gasteiger partial charge in [-0.25, -0.2) is 0 Å². The van der Waals surface area contributed by atoms with Gasteiger partial charge in [-0.1, -0.05) is 29.3 Å². The number of halogens is 5. The van der Waals surface area contributed by atoms with Gasteiger partial charge in [-0.2, -0.15) is 18.4 Å². The highest BCUT2D eigenvalue weighted by Crippen LogP contribution is 2.32. The van der Waals surface area contributed by atoms with Crippen LogP contribution in [0.2, 0.25) is 10.0 Å². The van der Waals surface area contributed by atoms with Crippen LogP contribution < -0.4 is 0 Å². The molecule has 0 spiro atoms. The van der Waals surface area contributed by atoms with Crippen molar-refractivity contribution in [1.82, 2.24) is 0 Å². The third kappa shape index (κ3) is 3.11. The minimum atomic E-state index is -5.08. The van der Waals surface area contributed by atoms with Crippen molar-refractivity contribution in [2.75, 3.05) is 0 Å². The van der Waals surface area contributed by atoms with E-state index in [4.69, 9.17) is 28.5 Å². The summed E-state index contributed by atoms with van der Waals surface area (Å²) in [4.78, 5) is 11.0. The minimum Gasteiger partial charge on any atom is -0.288 e. The standard InChI is InChI=1S/C10H4Cl2F3NO/c11-5-1-2-6(8(12)3-5)7(4-16)9(17)10(13,14)15/h1-3,7H. The summed E-state index contributed by atoms with van der Waals surface area (Å²) in [6.07, 6.45) is -5.08. The smallest absolute Gasteiger partial charge is 0.288 e. The predicted molar refractivity (Wildman–Crippen MR) is 55.9 cm³/mol. The Morgan fingerprint density at radius 3 is 2.35 bits per heavy atom. The summed E-state index contributed by atoms with van der Waals surface area (Å²) < 4.78 is 36.6. The number of hydrogen-bond donors (Lipinski definition) is 0. The topological polar surface area (TPSA) is 40.9 Å². The Kier molecular flexibility index (Phi) is 4.02. The molecule has 1 aromatic rings. The van der Waals surface area contributed by atoms with Gasteiger partial charge in [0, 0.05) is 10.0 Å². The zero-order valence-electron chi connectivity index (χ0n) is 8.05. The third-order valence-corrected chi connectivity index (χ3v) is 2.51. The van der Waals surface area contributed by atoms with E-state index in [0.29, 0.717) is 0 Å². The Labute approximate surface area is 105 Å². The van der Waals surface area contributed by atoms with Crippen molar-refractivity contribution in [3.05, 3.63) is 33.8 Å². The Balaban J connectivity index is 3.21. The summed E-state index contributed by atoms with van der Waals surface area (Å²) in [7, 11) is 0. The molecule has 0 aromatic heterocycles. The Bertz CT molecular complexity index is 493. The van der Waals surface area contributed by atoms with E-state index < -0.39 is 17.9 Å².